The van der Waals surface area contributed by atoms with Gasteiger partial charge < -0.3 is 25.2 Å². The molecule has 2 amide bonds. The van der Waals surface area contributed by atoms with Crippen LogP contribution < -0.4 is 10.6 Å². The molecule has 0 radical (unpaired) electrons. The highest BCUT2D eigenvalue weighted by atomic mass is 16.6. The monoisotopic (exact) mass is 536 g/mol. The van der Waals surface area contributed by atoms with Gasteiger partial charge in [0.1, 0.15) is 17.7 Å². The fourth-order valence-electron chi connectivity index (χ4n) is 4.95. The molecule has 0 heterocycles. The molecule has 0 unspecified atom stereocenters. The second-order valence-corrected chi connectivity index (χ2v) is 10.9. The minimum atomic E-state index is -1.49. The van der Waals surface area contributed by atoms with Gasteiger partial charge in [-0.25, -0.2) is 14.4 Å². The second kappa shape index (κ2) is 13.3. The van der Waals surface area contributed by atoms with E-state index in [1.54, 1.807) is 26.8 Å². The quantitative estimate of drug-likeness (QED) is 0.202. The topological polar surface area (TPSA) is 114 Å². The third-order valence-electron chi connectivity index (χ3n) is 6.80. The molecule has 2 aromatic rings. The lowest BCUT2D eigenvalue weighted by Gasteiger charge is -2.30. The zero-order valence-corrected chi connectivity index (χ0v) is 23.1. The predicted molar refractivity (Wildman–Crippen MR) is 151 cm³/mol. The fraction of sp³-hybridized carbons (Fsp3) is 0.452. The number of rotatable bonds is 13. The molecule has 0 saturated heterocycles. The van der Waals surface area contributed by atoms with Gasteiger partial charge in [0.2, 0.25) is 0 Å². The summed E-state index contributed by atoms with van der Waals surface area (Å²) >= 11 is 0. The van der Waals surface area contributed by atoms with E-state index < -0.39 is 29.3 Å². The fourth-order valence-corrected chi connectivity index (χ4v) is 4.95. The van der Waals surface area contributed by atoms with E-state index in [-0.39, 0.29) is 25.4 Å². The van der Waals surface area contributed by atoms with Crippen LogP contribution in [0.25, 0.3) is 11.1 Å². The number of ether oxygens (including phenoxy) is 2. The van der Waals surface area contributed by atoms with Crippen molar-refractivity contribution in [2.45, 2.75) is 76.4 Å². The van der Waals surface area contributed by atoms with Crippen molar-refractivity contribution < 1.29 is 29.0 Å². The first kappa shape index (κ1) is 29.7. The number of alkyl carbamates (subject to hydrolysis) is 2. The number of unbranched alkanes of at least 4 members (excludes halogenated alkanes) is 2. The molecule has 1 atom stereocenters. The average Bonchev–Trinajstić information content (AvgIpc) is 3.19. The molecule has 8 heteroatoms. The van der Waals surface area contributed by atoms with Crippen molar-refractivity contribution in [1.82, 2.24) is 10.6 Å². The number of amides is 2. The number of hydrogen-bond donors (Lipinski definition) is 3. The first-order valence-corrected chi connectivity index (χ1v) is 13.5. The number of aliphatic carboxylic acids is 1. The Morgan fingerprint density at radius 1 is 0.923 bits per heavy atom. The van der Waals surface area contributed by atoms with Gasteiger partial charge in [0.25, 0.3) is 0 Å². The summed E-state index contributed by atoms with van der Waals surface area (Å²) in [7, 11) is 0. The first-order chi connectivity index (χ1) is 18.6. The Hall–Kier alpha value is -3.81. The van der Waals surface area contributed by atoms with Crippen LogP contribution in [0.2, 0.25) is 0 Å². The van der Waals surface area contributed by atoms with Crippen LogP contribution in [0.15, 0.2) is 61.2 Å². The SMILES string of the molecule is C=CCCC[C@@](CCCCNC(=O)OC(C)(C)C)(NC(=O)OCC1c2ccccc2-c2ccccc21)C(=O)O. The normalized spacial score (nSPS) is 13.9. The molecule has 1 aliphatic rings. The minimum Gasteiger partial charge on any atom is -0.480 e. The summed E-state index contributed by atoms with van der Waals surface area (Å²) in [6, 6.07) is 16.1. The molecule has 0 saturated carbocycles. The van der Waals surface area contributed by atoms with Gasteiger partial charge in [-0.2, -0.15) is 0 Å². The van der Waals surface area contributed by atoms with Crippen molar-refractivity contribution in [2.24, 2.45) is 0 Å². The van der Waals surface area contributed by atoms with Crippen molar-refractivity contribution in [1.29, 1.82) is 0 Å². The molecule has 1 aliphatic carbocycles. The average molecular weight is 537 g/mol. The number of fused-ring (bicyclic) bond motifs is 3. The van der Waals surface area contributed by atoms with Crippen LogP contribution >= 0.6 is 0 Å². The molecule has 2 aromatic carbocycles. The second-order valence-electron chi connectivity index (χ2n) is 10.9. The summed E-state index contributed by atoms with van der Waals surface area (Å²) in [5.74, 6) is -1.23. The lowest BCUT2D eigenvalue weighted by atomic mass is 9.87. The highest BCUT2D eigenvalue weighted by Crippen LogP contribution is 2.44. The molecule has 3 rings (SSSR count). The molecule has 39 heavy (non-hydrogen) atoms. The van der Waals surface area contributed by atoms with Gasteiger partial charge in [-0.05, 0) is 81.5 Å². The van der Waals surface area contributed by atoms with Gasteiger partial charge in [0.05, 0.1) is 0 Å². The van der Waals surface area contributed by atoms with E-state index in [0.717, 1.165) is 22.3 Å². The molecule has 0 spiro atoms. The van der Waals surface area contributed by atoms with Crippen molar-refractivity contribution in [2.75, 3.05) is 13.2 Å². The molecule has 3 N–H and O–H groups in total. The lowest BCUT2D eigenvalue weighted by Crippen LogP contribution is -2.55. The van der Waals surface area contributed by atoms with Crippen LogP contribution in [0, 0.1) is 0 Å². The third kappa shape index (κ3) is 8.09. The zero-order chi connectivity index (χ0) is 28.5. The number of allylic oxidation sites excluding steroid dienone is 1. The number of hydrogen-bond acceptors (Lipinski definition) is 5. The summed E-state index contributed by atoms with van der Waals surface area (Å²) < 4.78 is 10.9. The molecule has 8 nitrogen and oxygen atoms in total. The Morgan fingerprint density at radius 3 is 2.08 bits per heavy atom. The van der Waals surface area contributed by atoms with Gasteiger partial charge in [0.15, 0.2) is 0 Å². The predicted octanol–water partition coefficient (Wildman–Crippen LogP) is 6.40. The van der Waals surface area contributed by atoms with Gasteiger partial charge in [-0.15, -0.1) is 6.58 Å². The van der Waals surface area contributed by atoms with Crippen LogP contribution in [-0.4, -0.2) is 47.6 Å². The third-order valence-corrected chi connectivity index (χ3v) is 6.80. The van der Waals surface area contributed by atoms with Crippen molar-refractivity contribution >= 4 is 18.2 Å². The maximum absolute atomic E-state index is 13.0. The summed E-state index contributed by atoms with van der Waals surface area (Å²) in [4.78, 5) is 37.4. The van der Waals surface area contributed by atoms with Crippen LogP contribution in [0.3, 0.4) is 0 Å². The zero-order valence-electron chi connectivity index (χ0n) is 23.1. The standard InChI is InChI=1S/C31H40N2O6/c1-5-6-11-18-31(27(34)35,19-12-13-20-32-28(36)39-30(2,3)4)33-29(37)38-21-26-24-16-9-7-14-22(24)23-15-8-10-17-25(23)26/h5,7-10,14-17,26H,1,6,11-13,18-21H2,2-4H3,(H,32,36)(H,33,37)(H,34,35)/t31-/m0/s1. The lowest BCUT2D eigenvalue weighted by molar-refractivity contribution is -0.145. The molecule has 0 aromatic heterocycles. The summed E-state index contributed by atoms with van der Waals surface area (Å²) in [5, 5.41) is 15.6. The van der Waals surface area contributed by atoms with Crippen molar-refractivity contribution in [3.63, 3.8) is 0 Å². The summed E-state index contributed by atoms with van der Waals surface area (Å²) in [5.41, 5.74) is 2.31. The van der Waals surface area contributed by atoms with E-state index in [0.29, 0.717) is 32.2 Å². The molecule has 0 fully saturated rings. The Labute approximate surface area is 230 Å². The Kier molecular flexibility index (Phi) is 10.2. The van der Waals surface area contributed by atoms with Crippen LogP contribution in [0.5, 0.6) is 0 Å². The Bertz CT molecular complexity index is 1130. The van der Waals surface area contributed by atoms with E-state index in [2.05, 4.69) is 29.3 Å². The molecular weight excluding hydrogens is 496 g/mol. The van der Waals surface area contributed by atoms with Gasteiger partial charge in [-0.1, -0.05) is 54.6 Å². The van der Waals surface area contributed by atoms with Gasteiger partial charge in [-0.3, -0.25) is 0 Å². The number of carbonyl (C=O) groups is 3. The van der Waals surface area contributed by atoms with E-state index in [4.69, 9.17) is 9.47 Å². The van der Waals surface area contributed by atoms with Gasteiger partial charge in [0, 0.05) is 12.5 Å². The number of carboxylic acids is 1. The molecule has 210 valence electrons. The summed E-state index contributed by atoms with van der Waals surface area (Å²) in [6.07, 6.45) is 3.06. The van der Waals surface area contributed by atoms with Crippen molar-refractivity contribution in [3.05, 3.63) is 72.3 Å². The number of carboxylic acid groups (broad SMARTS) is 1. The highest BCUT2D eigenvalue weighted by Gasteiger charge is 2.40. The van der Waals surface area contributed by atoms with E-state index >= 15 is 0 Å². The maximum atomic E-state index is 13.0. The minimum absolute atomic E-state index is 0.0992. The van der Waals surface area contributed by atoms with Crippen LogP contribution in [0.1, 0.15) is 76.3 Å². The number of benzene rings is 2. The largest absolute Gasteiger partial charge is 0.480 e. The molecular formula is C31H40N2O6. The number of carbonyl (C=O) groups excluding carboxylic acids is 2. The van der Waals surface area contributed by atoms with E-state index in [1.165, 1.54) is 0 Å². The maximum Gasteiger partial charge on any atom is 0.408 e. The van der Waals surface area contributed by atoms with E-state index in [9.17, 15) is 19.5 Å². The Morgan fingerprint density at radius 2 is 1.51 bits per heavy atom. The van der Waals surface area contributed by atoms with E-state index in [1.807, 2.05) is 36.4 Å². The highest BCUT2D eigenvalue weighted by molar-refractivity contribution is 5.84. The number of nitrogens with one attached hydrogen (secondary N) is 2. The molecule has 0 aliphatic heterocycles. The van der Waals surface area contributed by atoms with Crippen LogP contribution in [-0.2, 0) is 14.3 Å². The summed E-state index contributed by atoms with van der Waals surface area (Å²) in [6.45, 7) is 9.50. The Balaban J connectivity index is 1.62. The van der Waals surface area contributed by atoms with Crippen molar-refractivity contribution in [3.8, 4) is 11.1 Å². The molecule has 0 bridgehead atoms. The van der Waals surface area contributed by atoms with Crippen LogP contribution in [0.4, 0.5) is 9.59 Å². The smallest absolute Gasteiger partial charge is 0.408 e. The first-order valence-electron chi connectivity index (χ1n) is 13.5. The van der Waals surface area contributed by atoms with Gasteiger partial charge >= 0.3 is 18.2 Å².